The Kier molecular flexibility index (Phi) is 3.65. The Morgan fingerprint density at radius 2 is 1.94 bits per heavy atom. The van der Waals surface area contributed by atoms with Crippen LogP contribution in [0.25, 0.3) is 10.4 Å². The van der Waals surface area contributed by atoms with Crippen LogP contribution in [0.4, 0.5) is 0 Å². The molecule has 1 atom stereocenters. The topological polar surface area (TPSA) is 26.0 Å². The van der Waals surface area contributed by atoms with E-state index in [2.05, 4.69) is 51.1 Å². The number of thiophene rings is 1. The summed E-state index contributed by atoms with van der Waals surface area (Å²) in [5.74, 6) is 0. The molecule has 0 fully saturated rings. The SMILES string of the molecule is CCC(N)c1ccc(-c2cc(C)ccc2C)s1. The predicted octanol–water partition coefficient (Wildman–Crippen LogP) is 4.44. The van der Waals surface area contributed by atoms with Gasteiger partial charge in [0.05, 0.1) is 0 Å². The van der Waals surface area contributed by atoms with Crippen molar-refractivity contribution >= 4 is 11.3 Å². The van der Waals surface area contributed by atoms with Crippen molar-refractivity contribution in [2.75, 3.05) is 0 Å². The molecule has 0 saturated heterocycles. The van der Waals surface area contributed by atoms with Gasteiger partial charge >= 0.3 is 0 Å². The number of rotatable bonds is 3. The van der Waals surface area contributed by atoms with Crippen LogP contribution in [-0.2, 0) is 0 Å². The summed E-state index contributed by atoms with van der Waals surface area (Å²) in [4.78, 5) is 2.61. The van der Waals surface area contributed by atoms with Crippen LogP contribution in [0.3, 0.4) is 0 Å². The molecule has 17 heavy (non-hydrogen) atoms. The summed E-state index contributed by atoms with van der Waals surface area (Å²) in [6.07, 6.45) is 0.993. The van der Waals surface area contributed by atoms with E-state index in [-0.39, 0.29) is 6.04 Å². The fraction of sp³-hybridized carbons (Fsp3) is 0.333. The largest absolute Gasteiger partial charge is 0.323 e. The summed E-state index contributed by atoms with van der Waals surface area (Å²) >= 11 is 1.82. The molecular weight excluding hydrogens is 226 g/mol. The molecule has 0 aliphatic rings. The maximum atomic E-state index is 6.06. The van der Waals surface area contributed by atoms with Crippen LogP contribution in [0.5, 0.6) is 0 Å². The van der Waals surface area contributed by atoms with Gasteiger partial charge in [0.1, 0.15) is 0 Å². The molecule has 1 unspecified atom stereocenters. The molecule has 0 bridgehead atoms. The maximum Gasteiger partial charge on any atom is 0.0387 e. The van der Waals surface area contributed by atoms with Crippen LogP contribution in [0.1, 0.15) is 35.4 Å². The summed E-state index contributed by atoms with van der Waals surface area (Å²) in [5, 5.41) is 0. The minimum absolute atomic E-state index is 0.180. The van der Waals surface area contributed by atoms with Gasteiger partial charge in [-0.05, 0) is 43.5 Å². The van der Waals surface area contributed by atoms with Gasteiger partial charge in [0.15, 0.2) is 0 Å². The Morgan fingerprint density at radius 3 is 2.65 bits per heavy atom. The zero-order chi connectivity index (χ0) is 12.4. The number of hydrogen-bond acceptors (Lipinski definition) is 2. The van der Waals surface area contributed by atoms with Gasteiger partial charge in [0.25, 0.3) is 0 Å². The van der Waals surface area contributed by atoms with E-state index in [0.717, 1.165) is 6.42 Å². The number of hydrogen-bond donors (Lipinski definition) is 1. The monoisotopic (exact) mass is 245 g/mol. The Balaban J connectivity index is 2.40. The second-order valence-corrected chi connectivity index (χ2v) is 5.65. The van der Waals surface area contributed by atoms with Crippen molar-refractivity contribution in [3.05, 3.63) is 46.3 Å². The number of benzene rings is 1. The Bertz CT molecular complexity index is 513. The second-order valence-electron chi connectivity index (χ2n) is 4.54. The van der Waals surface area contributed by atoms with Crippen LogP contribution in [0.2, 0.25) is 0 Å². The van der Waals surface area contributed by atoms with Crippen molar-refractivity contribution < 1.29 is 0 Å². The average Bonchev–Trinajstić information content (AvgIpc) is 2.80. The molecule has 0 spiro atoms. The van der Waals surface area contributed by atoms with Crippen molar-refractivity contribution in [3.8, 4) is 10.4 Å². The first-order valence-corrected chi connectivity index (χ1v) is 6.86. The third-order valence-corrected chi connectivity index (χ3v) is 4.34. The molecule has 0 aliphatic heterocycles. The molecule has 2 heteroatoms. The molecule has 0 amide bonds. The highest BCUT2D eigenvalue weighted by molar-refractivity contribution is 7.15. The molecular formula is C15H19NS. The molecule has 0 radical (unpaired) electrons. The summed E-state index contributed by atoms with van der Waals surface area (Å²) in [6, 6.07) is 11.1. The van der Waals surface area contributed by atoms with Crippen LogP contribution in [0, 0.1) is 13.8 Å². The summed E-state index contributed by atoms with van der Waals surface area (Å²) in [5.41, 5.74) is 10.0. The molecule has 0 saturated carbocycles. The smallest absolute Gasteiger partial charge is 0.0387 e. The lowest BCUT2D eigenvalue weighted by Crippen LogP contribution is -2.05. The van der Waals surface area contributed by atoms with E-state index < -0.39 is 0 Å². The number of aryl methyl sites for hydroxylation is 2. The zero-order valence-electron chi connectivity index (χ0n) is 10.7. The molecule has 2 rings (SSSR count). The average molecular weight is 245 g/mol. The van der Waals surface area contributed by atoms with E-state index in [1.165, 1.54) is 26.4 Å². The zero-order valence-corrected chi connectivity index (χ0v) is 11.5. The summed E-state index contributed by atoms with van der Waals surface area (Å²) in [7, 11) is 0. The lowest BCUT2D eigenvalue weighted by Gasteiger charge is -2.06. The van der Waals surface area contributed by atoms with Gasteiger partial charge < -0.3 is 5.73 Å². The number of nitrogens with two attached hydrogens (primary N) is 1. The normalized spacial score (nSPS) is 12.7. The fourth-order valence-electron chi connectivity index (χ4n) is 1.90. The van der Waals surface area contributed by atoms with Crippen molar-refractivity contribution in [1.29, 1.82) is 0 Å². The Labute approximate surface area is 107 Å². The van der Waals surface area contributed by atoms with Gasteiger partial charge in [-0.3, -0.25) is 0 Å². The van der Waals surface area contributed by atoms with Crippen molar-refractivity contribution in [2.24, 2.45) is 5.73 Å². The maximum absolute atomic E-state index is 6.06. The van der Waals surface area contributed by atoms with E-state index in [1.807, 2.05) is 11.3 Å². The molecule has 90 valence electrons. The first-order chi connectivity index (χ1) is 8.11. The quantitative estimate of drug-likeness (QED) is 0.850. The molecule has 0 aliphatic carbocycles. The highest BCUT2D eigenvalue weighted by Crippen LogP contribution is 2.33. The third-order valence-electron chi connectivity index (χ3n) is 3.09. The Morgan fingerprint density at radius 1 is 1.18 bits per heavy atom. The van der Waals surface area contributed by atoms with Crippen molar-refractivity contribution in [2.45, 2.75) is 33.2 Å². The third kappa shape index (κ3) is 2.59. The molecule has 2 aromatic rings. The Hall–Kier alpha value is -1.12. The first kappa shape index (κ1) is 12.3. The van der Waals surface area contributed by atoms with Crippen molar-refractivity contribution in [3.63, 3.8) is 0 Å². The lowest BCUT2D eigenvalue weighted by atomic mass is 10.0. The van der Waals surface area contributed by atoms with E-state index >= 15 is 0 Å². The summed E-state index contributed by atoms with van der Waals surface area (Å²) in [6.45, 7) is 6.42. The summed E-state index contributed by atoms with van der Waals surface area (Å²) < 4.78 is 0. The molecule has 1 aromatic heterocycles. The fourth-order valence-corrected chi connectivity index (χ4v) is 3.07. The van der Waals surface area contributed by atoms with Gasteiger partial charge in [0.2, 0.25) is 0 Å². The van der Waals surface area contributed by atoms with Gasteiger partial charge in [-0.15, -0.1) is 11.3 Å². The predicted molar refractivity (Wildman–Crippen MR) is 76.4 cm³/mol. The van der Waals surface area contributed by atoms with Crippen molar-refractivity contribution in [1.82, 2.24) is 0 Å². The van der Waals surface area contributed by atoms with E-state index in [0.29, 0.717) is 0 Å². The van der Waals surface area contributed by atoms with Crippen LogP contribution in [-0.4, -0.2) is 0 Å². The first-order valence-electron chi connectivity index (χ1n) is 6.04. The van der Waals surface area contributed by atoms with Gasteiger partial charge in [-0.2, -0.15) is 0 Å². The molecule has 1 nitrogen and oxygen atoms in total. The van der Waals surface area contributed by atoms with Crippen LogP contribution >= 0.6 is 11.3 Å². The van der Waals surface area contributed by atoms with Crippen LogP contribution in [0.15, 0.2) is 30.3 Å². The van der Waals surface area contributed by atoms with E-state index in [4.69, 9.17) is 5.73 Å². The molecule has 1 heterocycles. The second kappa shape index (κ2) is 5.03. The molecule has 2 N–H and O–H groups in total. The minimum atomic E-state index is 0.180. The lowest BCUT2D eigenvalue weighted by molar-refractivity contribution is 0.712. The minimum Gasteiger partial charge on any atom is -0.323 e. The van der Waals surface area contributed by atoms with E-state index in [1.54, 1.807) is 0 Å². The standard InChI is InChI=1S/C15H19NS/c1-4-13(16)15-8-7-14(17-15)12-9-10(2)5-6-11(12)3/h5-9,13H,4,16H2,1-3H3. The highest BCUT2D eigenvalue weighted by Gasteiger charge is 2.09. The molecule has 1 aromatic carbocycles. The highest BCUT2D eigenvalue weighted by atomic mass is 32.1. The van der Waals surface area contributed by atoms with Crippen LogP contribution < -0.4 is 5.73 Å². The van der Waals surface area contributed by atoms with Gasteiger partial charge in [-0.25, -0.2) is 0 Å². The van der Waals surface area contributed by atoms with E-state index in [9.17, 15) is 0 Å². The van der Waals surface area contributed by atoms with Gasteiger partial charge in [-0.1, -0.05) is 30.7 Å². The van der Waals surface area contributed by atoms with Gasteiger partial charge in [0, 0.05) is 15.8 Å².